The average molecular weight is 364 g/mol. The zero-order valence-corrected chi connectivity index (χ0v) is 15.6. The first-order valence-corrected chi connectivity index (χ1v) is 9.38. The molecule has 0 bridgehead atoms. The van der Waals surface area contributed by atoms with E-state index in [2.05, 4.69) is 11.9 Å². The molecule has 1 aliphatic heterocycles. The average Bonchev–Trinajstić information content (AvgIpc) is 2.93. The summed E-state index contributed by atoms with van der Waals surface area (Å²) in [6.45, 7) is 3.65. The molecule has 1 aliphatic rings. The lowest BCUT2D eigenvalue weighted by atomic mass is 10.1. The third kappa shape index (κ3) is 3.83. The van der Waals surface area contributed by atoms with Gasteiger partial charge in [0.2, 0.25) is 0 Å². The second kappa shape index (κ2) is 7.84. The summed E-state index contributed by atoms with van der Waals surface area (Å²) in [7, 11) is 2.09. The number of hydrogen-bond donors (Lipinski definition) is 0. The molecule has 2 aromatic carbocycles. The lowest BCUT2D eigenvalue weighted by molar-refractivity contribution is 0.0729. The molecule has 5 heteroatoms. The van der Waals surface area contributed by atoms with Gasteiger partial charge in [0, 0.05) is 30.6 Å². The number of amides is 1. The van der Waals surface area contributed by atoms with Gasteiger partial charge in [0.1, 0.15) is 17.9 Å². The maximum absolute atomic E-state index is 13.2. The predicted octanol–water partition coefficient (Wildman–Crippen LogP) is 3.79. The summed E-state index contributed by atoms with van der Waals surface area (Å²) in [5.41, 5.74) is 1.54. The normalized spacial score (nSPS) is 15.7. The Labute approximate surface area is 159 Å². The minimum Gasteiger partial charge on any atom is -0.489 e. The van der Waals surface area contributed by atoms with Crippen molar-refractivity contribution in [3.05, 3.63) is 65.9 Å². The molecule has 140 valence electrons. The SMILES string of the molecule is CN1CCCN(C(=O)c2oc3ccccc3c2COc2ccccc2)CC1. The maximum atomic E-state index is 13.2. The Kier molecular flexibility index (Phi) is 5.12. The number of carbonyl (C=O) groups excluding carboxylic acids is 1. The van der Waals surface area contributed by atoms with E-state index in [9.17, 15) is 4.79 Å². The van der Waals surface area contributed by atoms with Crippen molar-refractivity contribution in [3.8, 4) is 5.75 Å². The topological polar surface area (TPSA) is 45.9 Å². The highest BCUT2D eigenvalue weighted by molar-refractivity contribution is 5.99. The second-order valence-corrected chi connectivity index (χ2v) is 6.96. The van der Waals surface area contributed by atoms with Gasteiger partial charge in [-0.1, -0.05) is 36.4 Å². The molecule has 0 atom stereocenters. The highest BCUT2D eigenvalue weighted by Crippen LogP contribution is 2.28. The van der Waals surface area contributed by atoms with Crippen LogP contribution < -0.4 is 4.74 Å². The van der Waals surface area contributed by atoms with Crippen LogP contribution in [0.25, 0.3) is 11.0 Å². The predicted molar refractivity (Wildman–Crippen MR) is 105 cm³/mol. The molecule has 0 aliphatic carbocycles. The van der Waals surface area contributed by atoms with E-state index < -0.39 is 0 Å². The summed E-state index contributed by atoms with van der Waals surface area (Å²) in [5.74, 6) is 1.13. The van der Waals surface area contributed by atoms with Crippen LogP contribution in [0.5, 0.6) is 5.75 Å². The molecule has 0 spiro atoms. The van der Waals surface area contributed by atoms with Gasteiger partial charge in [-0.3, -0.25) is 4.79 Å². The van der Waals surface area contributed by atoms with Crippen molar-refractivity contribution in [1.82, 2.24) is 9.80 Å². The number of para-hydroxylation sites is 2. The van der Waals surface area contributed by atoms with Crippen LogP contribution in [0.3, 0.4) is 0 Å². The number of fused-ring (bicyclic) bond motifs is 1. The van der Waals surface area contributed by atoms with Crippen molar-refractivity contribution in [2.45, 2.75) is 13.0 Å². The van der Waals surface area contributed by atoms with Gasteiger partial charge in [-0.2, -0.15) is 0 Å². The minimum absolute atomic E-state index is 0.0480. The third-order valence-corrected chi connectivity index (χ3v) is 5.03. The van der Waals surface area contributed by atoms with Crippen LogP contribution in [0.2, 0.25) is 0 Å². The van der Waals surface area contributed by atoms with Crippen LogP contribution in [0.1, 0.15) is 22.5 Å². The standard InChI is InChI=1S/C22H24N2O3/c1-23-12-7-13-24(15-14-23)22(25)21-19(16-26-17-8-3-2-4-9-17)18-10-5-6-11-20(18)27-21/h2-6,8-11H,7,12-16H2,1H3. The van der Waals surface area contributed by atoms with Gasteiger partial charge in [0.25, 0.3) is 5.91 Å². The molecule has 2 heterocycles. The number of benzene rings is 2. The molecule has 5 nitrogen and oxygen atoms in total. The van der Waals surface area contributed by atoms with Gasteiger partial charge < -0.3 is 19.0 Å². The molecule has 0 unspecified atom stereocenters. The third-order valence-electron chi connectivity index (χ3n) is 5.03. The lowest BCUT2D eigenvalue weighted by Gasteiger charge is -2.20. The van der Waals surface area contributed by atoms with E-state index >= 15 is 0 Å². The summed E-state index contributed by atoms with van der Waals surface area (Å²) in [6, 6.07) is 17.4. The van der Waals surface area contributed by atoms with Gasteiger partial charge in [0.05, 0.1) is 0 Å². The molecule has 4 rings (SSSR count). The van der Waals surface area contributed by atoms with E-state index in [0.717, 1.165) is 48.3 Å². The molecule has 0 saturated carbocycles. The van der Waals surface area contributed by atoms with Gasteiger partial charge >= 0.3 is 0 Å². The van der Waals surface area contributed by atoms with Gasteiger partial charge in [0.15, 0.2) is 5.76 Å². The first kappa shape index (κ1) is 17.6. The summed E-state index contributed by atoms with van der Waals surface area (Å²) in [4.78, 5) is 17.4. The molecule has 1 aromatic heterocycles. The van der Waals surface area contributed by atoms with E-state index in [1.807, 2.05) is 59.5 Å². The molecular formula is C22H24N2O3. The Morgan fingerprint density at radius 1 is 1.00 bits per heavy atom. The van der Waals surface area contributed by atoms with E-state index in [1.165, 1.54) is 0 Å². The molecule has 1 fully saturated rings. The number of furan rings is 1. The monoisotopic (exact) mass is 364 g/mol. The highest BCUT2D eigenvalue weighted by atomic mass is 16.5. The highest BCUT2D eigenvalue weighted by Gasteiger charge is 2.26. The van der Waals surface area contributed by atoms with Crippen LogP contribution in [-0.4, -0.2) is 48.9 Å². The van der Waals surface area contributed by atoms with Crippen LogP contribution in [-0.2, 0) is 6.61 Å². The molecule has 0 radical (unpaired) electrons. The summed E-state index contributed by atoms with van der Waals surface area (Å²) < 4.78 is 11.9. The fraction of sp³-hybridized carbons (Fsp3) is 0.318. The van der Waals surface area contributed by atoms with Crippen molar-refractivity contribution in [2.24, 2.45) is 0 Å². The minimum atomic E-state index is -0.0480. The Balaban J connectivity index is 1.64. The fourth-order valence-electron chi connectivity index (χ4n) is 3.48. The number of carbonyl (C=O) groups is 1. The van der Waals surface area contributed by atoms with Gasteiger partial charge in [-0.25, -0.2) is 0 Å². The number of ether oxygens (including phenoxy) is 1. The van der Waals surface area contributed by atoms with Crippen molar-refractivity contribution in [3.63, 3.8) is 0 Å². The number of rotatable bonds is 4. The Morgan fingerprint density at radius 2 is 1.78 bits per heavy atom. The van der Waals surface area contributed by atoms with Gasteiger partial charge in [-0.05, 0) is 38.2 Å². The number of likely N-dealkylation sites (N-methyl/N-ethyl adjacent to an activating group) is 1. The molecule has 0 N–H and O–H groups in total. The maximum Gasteiger partial charge on any atom is 0.290 e. The van der Waals surface area contributed by atoms with Crippen LogP contribution >= 0.6 is 0 Å². The summed E-state index contributed by atoms with van der Waals surface area (Å²) in [5, 5.41) is 0.934. The van der Waals surface area contributed by atoms with E-state index in [0.29, 0.717) is 18.9 Å². The van der Waals surface area contributed by atoms with Crippen LogP contribution in [0.4, 0.5) is 0 Å². The van der Waals surface area contributed by atoms with Crippen LogP contribution in [0, 0.1) is 0 Å². The quantitative estimate of drug-likeness (QED) is 0.707. The Morgan fingerprint density at radius 3 is 2.63 bits per heavy atom. The van der Waals surface area contributed by atoms with Crippen molar-refractivity contribution in [2.75, 3.05) is 33.2 Å². The first-order valence-electron chi connectivity index (χ1n) is 9.38. The lowest BCUT2D eigenvalue weighted by Crippen LogP contribution is -2.34. The Bertz CT molecular complexity index is 920. The molecular weight excluding hydrogens is 340 g/mol. The molecule has 1 amide bonds. The first-order chi connectivity index (χ1) is 13.2. The van der Waals surface area contributed by atoms with Crippen LogP contribution in [0.15, 0.2) is 59.0 Å². The van der Waals surface area contributed by atoms with E-state index in [4.69, 9.17) is 9.15 Å². The molecule has 1 saturated heterocycles. The zero-order chi connectivity index (χ0) is 18.6. The summed E-state index contributed by atoms with van der Waals surface area (Å²) >= 11 is 0. The number of hydrogen-bond acceptors (Lipinski definition) is 4. The Hall–Kier alpha value is -2.79. The summed E-state index contributed by atoms with van der Waals surface area (Å²) in [6.07, 6.45) is 0.971. The van der Waals surface area contributed by atoms with E-state index in [-0.39, 0.29) is 5.91 Å². The molecule has 27 heavy (non-hydrogen) atoms. The van der Waals surface area contributed by atoms with Crippen molar-refractivity contribution < 1.29 is 13.9 Å². The smallest absolute Gasteiger partial charge is 0.290 e. The largest absolute Gasteiger partial charge is 0.489 e. The van der Waals surface area contributed by atoms with Crippen molar-refractivity contribution in [1.29, 1.82) is 0 Å². The fourth-order valence-corrected chi connectivity index (χ4v) is 3.48. The van der Waals surface area contributed by atoms with Gasteiger partial charge in [-0.15, -0.1) is 0 Å². The molecule has 3 aromatic rings. The zero-order valence-electron chi connectivity index (χ0n) is 15.6. The van der Waals surface area contributed by atoms with Crippen molar-refractivity contribution >= 4 is 16.9 Å². The number of nitrogens with zero attached hydrogens (tertiary/aromatic N) is 2. The second-order valence-electron chi connectivity index (χ2n) is 6.96. The van der Waals surface area contributed by atoms with E-state index in [1.54, 1.807) is 0 Å².